The molecule has 6 nitrogen and oxygen atoms in total. The van der Waals surface area contributed by atoms with Crippen molar-refractivity contribution in [2.75, 3.05) is 50.1 Å². The van der Waals surface area contributed by atoms with Crippen LogP contribution in [0.15, 0.2) is 53.0 Å². The van der Waals surface area contributed by atoms with Crippen LogP contribution in [0.3, 0.4) is 0 Å². The molecule has 0 radical (unpaired) electrons. The molecule has 7 heteroatoms. The molecule has 2 amide bonds. The highest BCUT2D eigenvalue weighted by Gasteiger charge is 2.16. The Balaban J connectivity index is 1.54. The Bertz CT molecular complexity index is 804. The van der Waals surface area contributed by atoms with Gasteiger partial charge in [-0.3, -0.25) is 9.59 Å². The Hall–Kier alpha value is -2.38. The lowest BCUT2D eigenvalue weighted by Crippen LogP contribution is -2.36. The number of carbonyl (C=O) groups excluding carboxylic acids is 2. The topological polar surface area (TPSA) is 61.9 Å². The molecule has 1 heterocycles. The zero-order chi connectivity index (χ0) is 19.2. The molecule has 2 aromatic rings. The van der Waals surface area contributed by atoms with E-state index in [1.165, 1.54) is 4.90 Å². The molecule has 142 valence electrons. The number of benzene rings is 2. The summed E-state index contributed by atoms with van der Waals surface area (Å²) in [5, 5.41) is 2.84. The van der Waals surface area contributed by atoms with Crippen LogP contribution < -0.4 is 10.2 Å². The molecule has 0 saturated carbocycles. The number of likely N-dealkylation sites (N-methyl/N-ethyl adjacent to an activating group) is 1. The van der Waals surface area contributed by atoms with E-state index in [-0.39, 0.29) is 18.4 Å². The third-order valence-corrected chi connectivity index (χ3v) is 4.82. The Labute approximate surface area is 167 Å². The van der Waals surface area contributed by atoms with Crippen molar-refractivity contribution in [3.8, 4) is 0 Å². The summed E-state index contributed by atoms with van der Waals surface area (Å²) in [6, 6.07) is 14.8. The van der Waals surface area contributed by atoms with Crippen molar-refractivity contribution in [1.82, 2.24) is 4.90 Å². The lowest BCUT2D eigenvalue weighted by Gasteiger charge is -2.28. The number of rotatable bonds is 5. The third kappa shape index (κ3) is 5.30. The van der Waals surface area contributed by atoms with Crippen molar-refractivity contribution >= 4 is 39.1 Å². The van der Waals surface area contributed by atoms with Crippen LogP contribution in [-0.4, -0.2) is 56.6 Å². The van der Waals surface area contributed by atoms with Crippen LogP contribution in [0.5, 0.6) is 0 Å². The third-order valence-electron chi connectivity index (χ3n) is 4.33. The Kier molecular flexibility index (Phi) is 6.47. The molecule has 0 spiro atoms. The summed E-state index contributed by atoms with van der Waals surface area (Å²) in [7, 11) is 1.62. The fourth-order valence-electron chi connectivity index (χ4n) is 2.91. The number of halogens is 1. The standard InChI is InChI=1S/C20H22BrN3O3/c1-23(20(26)15-3-2-4-16(21)13-15)14-19(25)22-17-5-7-18(8-6-17)24-9-11-27-12-10-24/h2-8,13H,9-12,14H2,1H3,(H,22,25). The number of hydrogen-bond donors (Lipinski definition) is 1. The molecule has 0 aliphatic carbocycles. The van der Waals surface area contributed by atoms with E-state index in [2.05, 4.69) is 26.1 Å². The number of anilines is 2. The molecule has 1 fully saturated rings. The first-order valence-corrected chi connectivity index (χ1v) is 9.56. The van der Waals surface area contributed by atoms with E-state index in [1.54, 1.807) is 25.2 Å². The minimum absolute atomic E-state index is 0.0173. The summed E-state index contributed by atoms with van der Waals surface area (Å²) in [6.45, 7) is 3.19. The van der Waals surface area contributed by atoms with Gasteiger partial charge in [0.25, 0.3) is 5.91 Å². The van der Waals surface area contributed by atoms with Gasteiger partial charge in [-0.25, -0.2) is 0 Å². The second-order valence-corrected chi connectivity index (χ2v) is 7.28. The summed E-state index contributed by atoms with van der Waals surface area (Å²) < 4.78 is 6.18. The average molecular weight is 432 g/mol. The lowest BCUT2D eigenvalue weighted by atomic mass is 10.2. The van der Waals surface area contributed by atoms with Crippen LogP contribution in [0.4, 0.5) is 11.4 Å². The van der Waals surface area contributed by atoms with Gasteiger partial charge in [-0.05, 0) is 42.5 Å². The summed E-state index contributed by atoms with van der Waals surface area (Å²) in [5.41, 5.74) is 2.35. The van der Waals surface area contributed by atoms with Crippen molar-refractivity contribution in [2.24, 2.45) is 0 Å². The van der Waals surface area contributed by atoms with Gasteiger partial charge in [0.05, 0.1) is 19.8 Å². The van der Waals surface area contributed by atoms with Gasteiger partial charge in [0.2, 0.25) is 5.91 Å². The van der Waals surface area contributed by atoms with Gasteiger partial charge in [0, 0.05) is 41.5 Å². The highest BCUT2D eigenvalue weighted by molar-refractivity contribution is 9.10. The molecular formula is C20H22BrN3O3. The zero-order valence-corrected chi connectivity index (χ0v) is 16.7. The maximum absolute atomic E-state index is 12.4. The maximum atomic E-state index is 12.4. The fraction of sp³-hybridized carbons (Fsp3) is 0.300. The molecule has 1 N–H and O–H groups in total. The van der Waals surface area contributed by atoms with Crippen LogP contribution in [0.2, 0.25) is 0 Å². The van der Waals surface area contributed by atoms with E-state index in [0.29, 0.717) is 11.3 Å². The lowest BCUT2D eigenvalue weighted by molar-refractivity contribution is -0.116. The molecule has 0 unspecified atom stereocenters. The molecule has 27 heavy (non-hydrogen) atoms. The first-order valence-electron chi connectivity index (χ1n) is 8.76. The monoisotopic (exact) mass is 431 g/mol. The van der Waals surface area contributed by atoms with Gasteiger partial charge in [-0.2, -0.15) is 0 Å². The minimum Gasteiger partial charge on any atom is -0.378 e. The van der Waals surface area contributed by atoms with Crippen LogP contribution >= 0.6 is 15.9 Å². The highest BCUT2D eigenvalue weighted by Crippen LogP contribution is 2.19. The summed E-state index contributed by atoms with van der Waals surface area (Å²) in [6.07, 6.45) is 0. The molecule has 0 aromatic heterocycles. The van der Waals surface area contributed by atoms with Crippen LogP contribution in [0.25, 0.3) is 0 Å². The number of nitrogens with zero attached hydrogens (tertiary/aromatic N) is 2. The number of hydrogen-bond acceptors (Lipinski definition) is 4. The Morgan fingerprint density at radius 2 is 1.85 bits per heavy atom. The molecule has 3 rings (SSSR count). The normalized spacial score (nSPS) is 13.9. The summed E-state index contributed by atoms with van der Waals surface area (Å²) in [4.78, 5) is 28.3. The molecule has 2 aromatic carbocycles. The molecule has 1 aliphatic heterocycles. The quantitative estimate of drug-likeness (QED) is 0.790. The van der Waals surface area contributed by atoms with Gasteiger partial charge in [-0.1, -0.05) is 22.0 Å². The van der Waals surface area contributed by atoms with E-state index in [1.807, 2.05) is 30.3 Å². The Morgan fingerprint density at radius 3 is 2.52 bits per heavy atom. The predicted molar refractivity (Wildman–Crippen MR) is 109 cm³/mol. The van der Waals surface area contributed by atoms with Crippen molar-refractivity contribution in [3.63, 3.8) is 0 Å². The van der Waals surface area contributed by atoms with Crippen molar-refractivity contribution in [2.45, 2.75) is 0 Å². The summed E-state index contributed by atoms with van der Waals surface area (Å²) >= 11 is 3.35. The number of nitrogens with one attached hydrogen (secondary N) is 1. The zero-order valence-electron chi connectivity index (χ0n) is 15.2. The molecule has 1 aliphatic rings. The maximum Gasteiger partial charge on any atom is 0.254 e. The first-order chi connectivity index (χ1) is 13.0. The fourth-order valence-corrected chi connectivity index (χ4v) is 3.31. The largest absolute Gasteiger partial charge is 0.378 e. The summed E-state index contributed by atoms with van der Waals surface area (Å²) in [5.74, 6) is -0.436. The van der Waals surface area contributed by atoms with Gasteiger partial charge < -0.3 is 19.9 Å². The van der Waals surface area contributed by atoms with Crippen LogP contribution in [-0.2, 0) is 9.53 Å². The van der Waals surface area contributed by atoms with E-state index >= 15 is 0 Å². The second-order valence-electron chi connectivity index (χ2n) is 6.37. The van der Waals surface area contributed by atoms with E-state index < -0.39 is 0 Å². The highest BCUT2D eigenvalue weighted by atomic mass is 79.9. The minimum atomic E-state index is -0.236. The SMILES string of the molecule is CN(CC(=O)Nc1ccc(N2CCOCC2)cc1)C(=O)c1cccc(Br)c1. The number of ether oxygens (including phenoxy) is 1. The predicted octanol–water partition coefficient (Wildman–Crippen LogP) is 3.00. The van der Waals surface area contributed by atoms with Gasteiger partial charge in [0.1, 0.15) is 0 Å². The smallest absolute Gasteiger partial charge is 0.254 e. The van der Waals surface area contributed by atoms with Crippen LogP contribution in [0.1, 0.15) is 10.4 Å². The van der Waals surface area contributed by atoms with E-state index in [9.17, 15) is 9.59 Å². The molecule has 0 atom stereocenters. The van der Waals surface area contributed by atoms with Gasteiger partial charge >= 0.3 is 0 Å². The Morgan fingerprint density at radius 1 is 1.15 bits per heavy atom. The number of morpholine rings is 1. The molecule has 0 bridgehead atoms. The molecule has 1 saturated heterocycles. The second kappa shape index (κ2) is 9.01. The van der Waals surface area contributed by atoms with Gasteiger partial charge in [-0.15, -0.1) is 0 Å². The van der Waals surface area contributed by atoms with E-state index in [0.717, 1.165) is 36.5 Å². The van der Waals surface area contributed by atoms with Crippen molar-refractivity contribution in [3.05, 3.63) is 58.6 Å². The number of amides is 2. The number of carbonyl (C=O) groups is 2. The van der Waals surface area contributed by atoms with Crippen molar-refractivity contribution in [1.29, 1.82) is 0 Å². The van der Waals surface area contributed by atoms with Crippen molar-refractivity contribution < 1.29 is 14.3 Å². The van der Waals surface area contributed by atoms with Crippen LogP contribution in [0, 0.1) is 0 Å². The van der Waals surface area contributed by atoms with E-state index in [4.69, 9.17) is 4.74 Å². The first kappa shape index (κ1) is 19.4. The van der Waals surface area contributed by atoms with Gasteiger partial charge in [0.15, 0.2) is 0 Å². The molecular weight excluding hydrogens is 410 g/mol. The average Bonchev–Trinajstić information content (AvgIpc) is 2.68.